The summed E-state index contributed by atoms with van der Waals surface area (Å²) in [5.41, 5.74) is 2.53. The first kappa shape index (κ1) is 18.0. The molecule has 5 nitrogen and oxygen atoms in total. The Morgan fingerprint density at radius 2 is 2.08 bits per heavy atom. The molecule has 2 aromatic rings. The molecule has 0 amide bonds. The van der Waals surface area contributed by atoms with Crippen molar-refractivity contribution in [3.63, 3.8) is 0 Å². The van der Waals surface area contributed by atoms with Crippen molar-refractivity contribution in [3.05, 3.63) is 52.7 Å². The Bertz CT molecular complexity index is 694. The summed E-state index contributed by atoms with van der Waals surface area (Å²) >= 11 is 0. The third-order valence-corrected chi connectivity index (χ3v) is 3.59. The Labute approximate surface area is 142 Å². The van der Waals surface area contributed by atoms with Gasteiger partial charge in [-0.2, -0.15) is 0 Å². The molecule has 6 heteroatoms. The second-order valence-electron chi connectivity index (χ2n) is 6.01. The van der Waals surface area contributed by atoms with Gasteiger partial charge >= 0.3 is 0 Å². The lowest BCUT2D eigenvalue weighted by molar-refractivity contribution is 0.372. The standard InChI is InChI=1S/C18H25FN4O/c1-5-20-18(21-10-14-6-7-16(19)13(4)8-14)22-11-15-9-17(12(2)3)23-24-15/h6-9,12H,5,10-11H2,1-4H3,(H2,20,21,22). The largest absolute Gasteiger partial charge is 0.359 e. The second kappa shape index (κ2) is 8.47. The van der Waals surface area contributed by atoms with Crippen LogP contribution in [-0.4, -0.2) is 17.7 Å². The number of aryl methyl sites for hydroxylation is 1. The van der Waals surface area contributed by atoms with Crippen LogP contribution < -0.4 is 10.6 Å². The van der Waals surface area contributed by atoms with Crippen molar-refractivity contribution in [2.24, 2.45) is 4.99 Å². The zero-order valence-electron chi connectivity index (χ0n) is 14.7. The Hall–Kier alpha value is -2.37. The summed E-state index contributed by atoms with van der Waals surface area (Å²) in [6.45, 7) is 9.64. The first-order valence-corrected chi connectivity index (χ1v) is 8.22. The summed E-state index contributed by atoms with van der Waals surface area (Å²) in [6.07, 6.45) is 0. The Balaban J connectivity index is 1.98. The van der Waals surface area contributed by atoms with E-state index < -0.39 is 0 Å². The van der Waals surface area contributed by atoms with E-state index in [2.05, 4.69) is 34.6 Å². The summed E-state index contributed by atoms with van der Waals surface area (Å²) in [7, 11) is 0. The fraction of sp³-hybridized carbons (Fsp3) is 0.444. The van der Waals surface area contributed by atoms with Crippen LogP contribution in [0.15, 0.2) is 33.8 Å². The molecule has 1 aromatic heterocycles. The quantitative estimate of drug-likeness (QED) is 0.628. The van der Waals surface area contributed by atoms with Gasteiger partial charge in [-0.25, -0.2) is 9.38 Å². The molecular formula is C18H25FN4O. The number of hydrogen-bond donors (Lipinski definition) is 2. The molecule has 2 N–H and O–H groups in total. The van der Waals surface area contributed by atoms with E-state index in [0.717, 1.165) is 23.6 Å². The summed E-state index contributed by atoms with van der Waals surface area (Å²) in [5, 5.41) is 10.4. The predicted octanol–water partition coefficient (Wildman–Crippen LogP) is 3.50. The van der Waals surface area contributed by atoms with Crippen LogP contribution in [0.2, 0.25) is 0 Å². The molecule has 1 heterocycles. The molecule has 1 aromatic carbocycles. The highest BCUT2D eigenvalue weighted by molar-refractivity contribution is 5.79. The molecule has 0 aliphatic carbocycles. The summed E-state index contributed by atoms with van der Waals surface area (Å²) in [4.78, 5) is 4.52. The zero-order chi connectivity index (χ0) is 17.5. The SMILES string of the molecule is CCNC(=NCc1ccc(F)c(C)c1)NCc1cc(C(C)C)no1. The highest BCUT2D eigenvalue weighted by Gasteiger charge is 2.08. The van der Waals surface area contributed by atoms with Gasteiger partial charge in [-0.15, -0.1) is 0 Å². The van der Waals surface area contributed by atoms with Crippen LogP contribution in [-0.2, 0) is 13.1 Å². The second-order valence-corrected chi connectivity index (χ2v) is 6.01. The van der Waals surface area contributed by atoms with Gasteiger partial charge in [0.1, 0.15) is 5.82 Å². The molecule has 24 heavy (non-hydrogen) atoms. The number of guanidine groups is 1. The van der Waals surface area contributed by atoms with Crippen molar-refractivity contribution in [2.75, 3.05) is 6.54 Å². The van der Waals surface area contributed by atoms with E-state index in [1.165, 1.54) is 6.07 Å². The maximum absolute atomic E-state index is 13.3. The van der Waals surface area contributed by atoms with E-state index in [4.69, 9.17) is 4.52 Å². The van der Waals surface area contributed by atoms with E-state index >= 15 is 0 Å². The van der Waals surface area contributed by atoms with Gasteiger partial charge in [-0.1, -0.05) is 31.1 Å². The normalized spacial score (nSPS) is 11.8. The highest BCUT2D eigenvalue weighted by Crippen LogP contribution is 2.14. The fourth-order valence-corrected chi connectivity index (χ4v) is 2.17. The average Bonchev–Trinajstić information content (AvgIpc) is 3.02. The molecule has 0 bridgehead atoms. The topological polar surface area (TPSA) is 62.5 Å². The van der Waals surface area contributed by atoms with Gasteiger partial charge in [0.2, 0.25) is 0 Å². The fourth-order valence-electron chi connectivity index (χ4n) is 2.17. The van der Waals surface area contributed by atoms with Crippen molar-refractivity contribution < 1.29 is 8.91 Å². The molecule has 0 aliphatic rings. The zero-order valence-corrected chi connectivity index (χ0v) is 14.7. The van der Waals surface area contributed by atoms with Crippen molar-refractivity contribution in [3.8, 4) is 0 Å². The van der Waals surface area contributed by atoms with Gasteiger partial charge in [0.05, 0.1) is 18.8 Å². The minimum atomic E-state index is -0.195. The molecule has 0 aliphatic heterocycles. The summed E-state index contributed by atoms with van der Waals surface area (Å²) in [5.74, 6) is 1.59. The van der Waals surface area contributed by atoms with E-state index in [1.54, 1.807) is 13.0 Å². The van der Waals surface area contributed by atoms with E-state index in [9.17, 15) is 4.39 Å². The number of hydrogen-bond acceptors (Lipinski definition) is 3. The maximum Gasteiger partial charge on any atom is 0.191 e. The molecule has 130 valence electrons. The number of rotatable bonds is 6. The molecule has 0 unspecified atom stereocenters. The van der Waals surface area contributed by atoms with Crippen LogP contribution >= 0.6 is 0 Å². The van der Waals surface area contributed by atoms with Crippen LogP contribution in [0.4, 0.5) is 4.39 Å². The van der Waals surface area contributed by atoms with Gasteiger partial charge in [-0.05, 0) is 37.0 Å². The van der Waals surface area contributed by atoms with Gasteiger partial charge in [-0.3, -0.25) is 0 Å². The number of nitrogens with zero attached hydrogens (tertiary/aromatic N) is 2. The van der Waals surface area contributed by atoms with Crippen molar-refractivity contribution in [1.82, 2.24) is 15.8 Å². The monoisotopic (exact) mass is 332 g/mol. The van der Waals surface area contributed by atoms with Crippen LogP contribution in [0.5, 0.6) is 0 Å². The average molecular weight is 332 g/mol. The molecule has 0 atom stereocenters. The van der Waals surface area contributed by atoms with Crippen LogP contribution in [0.3, 0.4) is 0 Å². The summed E-state index contributed by atoms with van der Waals surface area (Å²) in [6, 6.07) is 6.99. The third-order valence-electron chi connectivity index (χ3n) is 3.59. The highest BCUT2D eigenvalue weighted by atomic mass is 19.1. The van der Waals surface area contributed by atoms with Crippen LogP contribution in [0.25, 0.3) is 0 Å². The van der Waals surface area contributed by atoms with Crippen LogP contribution in [0.1, 0.15) is 49.3 Å². The minimum Gasteiger partial charge on any atom is -0.359 e. The maximum atomic E-state index is 13.3. The first-order valence-electron chi connectivity index (χ1n) is 8.22. The smallest absolute Gasteiger partial charge is 0.191 e. The van der Waals surface area contributed by atoms with E-state index in [0.29, 0.717) is 30.5 Å². The van der Waals surface area contributed by atoms with E-state index in [-0.39, 0.29) is 5.82 Å². The molecule has 0 saturated heterocycles. The number of nitrogens with one attached hydrogen (secondary N) is 2. The number of benzene rings is 1. The molecule has 0 spiro atoms. The van der Waals surface area contributed by atoms with Gasteiger partial charge < -0.3 is 15.2 Å². The van der Waals surface area contributed by atoms with Gasteiger partial charge in [0.25, 0.3) is 0 Å². The number of halogens is 1. The number of aliphatic imine (C=N–C) groups is 1. The van der Waals surface area contributed by atoms with Gasteiger partial charge in [0, 0.05) is 12.6 Å². The molecule has 0 fully saturated rings. The van der Waals surface area contributed by atoms with Crippen LogP contribution in [0, 0.1) is 12.7 Å². The Kier molecular flexibility index (Phi) is 6.35. The summed E-state index contributed by atoms with van der Waals surface area (Å²) < 4.78 is 18.6. The lowest BCUT2D eigenvalue weighted by atomic mass is 10.1. The lowest BCUT2D eigenvalue weighted by Gasteiger charge is -2.10. The van der Waals surface area contributed by atoms with Crippen molar-refractivity contribution in [2.45, 2.75) is 46.7 Å². The first-order chi connectivity index (χ1) is 11.5. The molecule has 0 saturated carbocycles. The van der Waals surface area contributed by atoms with Crippen molar-refractivity contribution >= 4 is 5.96 Å². The van der Waals surface area contributed by atoms with E-state index in [1.807, 2.05) is 19.1 Å². The van der Waals surface area contributed by atoms with Gasteiger partial charge in [0.15, 0.2) is 11.7 Å². The predicted molar refractivity (Wildman–Crippen MR) is 93.4 cm³/mol. The third kappa shape index (κ3) is 5.08. The molecular weight excluding hydrogens is 307 g/mol. The van der Waals surface area contributed by atoms with Crippen molar-refractivity contribution in [1.29, 1.82) is 0 Å². The lowest BCUT2D eigenvalue weighted by Crippen LogP contribution is -2.36. The number of aromatic nitrogens is 1. The minimum absolute atomic E-state index is 0.195. The Morgan fingerprint density at radius 1 is 1.29 bits per heavy atom. The molecule has 0 radical (unpaired) electrons. The Morgan fingerprint density at radius 3 is 2.71 bits per heavy atom. The molecule has 2 rings (SSSR count).